The van der Waals surface area contributed by atoms with Gasteiger partial charge in [-0.15, -0.1) is 12.8 Å². The zero-order valence-corrected chi connectivity index (χ0v) is 9.39. The van der Waals surface area contributed by atoms with E-state index in [9.17, 15) is 0 Å². The molecule has 0 fully saturated rings. The molecule has 0 amide bonds. The maximum absolute atomic E-state index is 2.99. The van der Waals surface area contributed by atoms with Crippen LogP contribution in [0.3, 0.4) is 0 Å². The predicted molar refractivity (Wildman–Crippen MR) is 43.1 cm³/mol. The molecule has 60 valence electrons. The third-order valence-electron chi connectivity index (χ3n) is 1.17. The summed E-state index contributed by atoms with van der Waals surface area (Å²) < 4.78 is 0. The van der Waals surface area contributed by atoms with E-state index in [1.54, 1.807) is 0 Å². The van der Waals surface area contributed by atoms with Crippen LogP contribution in [-0.2, 0) is 25.8 Å². The summed E-state index contributed by atoms with van der Waals surface area (Å²) in [6.45, 7) is 0. The second-order valence-electron chi connectivity index (χ2n) is 2.01. The molecule has 0 heterocycles. The molecule has 0 N–H and O–H groups in total. The first kappa shape index (κ1) is 14.6. The monoisotopic (exact) mass is 210 g/mol. The molecule has 2 heteroatoms. The molecule has 0 saturated carbocycles. The van der Waals surface area contributed by atoms with Gasteiger partial charge in [-0.05, 0) is 0 Å². The van der Waals surface area contributed by atoms with E-state index >= 15 is 0 Å². The first-order valence-electron chi connectivity index (χ1n) is 3.43. The van der Waals surface area contributed by atoms with Crippen molar-refractivity contribution in [3.05, 3.63) is 48.6 Å². The molecule has 0 aromatic carbocycles. The number of halogens is 1. The van der Waals surface area contributed by atoms with Crippen LogP contribution in [0.15, 0.2) is 36.5 Å². The van der Waals surface area contributed by atoms with Crippen LogP contribution in [0.25, 0.3) is 0 Å². The molecule has 0 unspecified atom stereocenters. The summed E-state index contributed by atoms with van der Waals surface area (Å²) in [6, 6.07) is 0. The van der Waals surface area contributed by atoms with Crippen molar-refractivity contribution in [2.24, 2.45) is 0 Å². The Hall–Kier alpha value is 0.120. The molecular weight excluding hydrogens is 201 g/mol. The van der Waals surface area contributed by atoms with Crippen LogP contribution in [0.5, 0.6) is 0 Å². The summed E-state index contributed by atoms with van der Waals surface area (Å²) in [4.78, 5) is 0. The molecular formula is C10H10ClSc. The Kier molecular flexibility index (Phi) is 13.6. The van der Waals surface area contributed by atoms with E-state index < -0.39 is 0 Å². The van der Waals surface area contributed by atoms with Crippen molar-refractivity contribution < 1.29 is 38.3 Å². The Morgan fingerprint density at radius 3 is 1.33 bits per heavy atom. The van der Waals surface area contributed by atoms with Gasteiger partial charge in [-0.2, -0.15) is 12.2 Å². The van der Waals surface area contributed by atoms with E-state index in [0.29, 0.717) is 0 Å². The van der Waals surface area contributed by atoms with Crippen molar-refractivity contribution in [1.82, 2.24) is 0 Å². The molecule has 0 aromatic heterocycles. The average molecular weight is 211 g/mol. The number of rotatable bonds is 0. The molecule has 0 aromatic rings. The fourth-order valence-electron chi connectivity index (χ4n) is 0.680. The van der Waals surface area contributed by atoms with Crippen molar-refractivity contribution in [3.8, 4) is 0 Å². The normalized spacial score (nSPS) is 14.7. The quantitative estimate of drug-likeness (QED) is 0.478. The fourth-order valence-corrected chi connectivity index (χ4v) is 0.680. The van der Waals surface area contributed by atoms with Crippen molar-refractivity contribution in [1.29, 1.82) is 0 Å². The molecule has 12 heavy (non-hydrogen) atoms. The summed E-state index contributed by atoms with van der Waals surface area (Å²) in [5, 5.41) is 0. The molecule has 0 saturated heterocycles. The van der Waals surface area contributed by atoms with E-state index in [1.165, 1.54) is 0 Å². The molecule has 2 rings (SSSR count). The molecule has 2 aliphatic rings. The SMILES string of the molecule is [C-]1=CC=CC1.[C-]1=CC=CC1.[Cl-].[Sc+3]. The maximum atomic E-state index is 2.99. The van der Waals surface area contributed by atoms with E-state index in [2.05, 4.69) is 24.3 Å². The summed E-state index contributed by atoms with van der Waals surface area (Å²) in [5.41, 5.74) is 0. The van der Waals surface area contributed by atoms with Crippen molar-refractivity contribution in [2.75, 3.05) is 0 Å². The van der Waals surface area contributed by atoms with Gasteiger partial charge in [0.2, 0.25) is 0 Å². The molecule has 0 nitrogen and oxygen atoms in total. The molecule has 0 aliphatic heterocycles. The average Bonchev–Trinajstić information content (AvgIpc) is 2.67. The summed E-state index contributed by atoms with van der Waals surface area (Å²) in [6.07, 6.45) is 20.0. The second kappa shape index (κ2) is 11.1. The predicted octanol–water partition coefficient (Wildman–Crippen LogP) is -0.387. The van der Waals surface area contributed by atoms with Crippen LogP contribution in [0.1, 0.15) is 12.8 Å². The van der Waals surface area contributed by atoms with Gasteiger partial charge in [0, 0.05) is 0 Å². The van der Waals surface area contributed by atoms with Crippen molar-refractivity contribution in [2.45, 2.75) is 12.8 Å². The zero-order valence-electron chi connectivity index (χ0n) is 6.83. The van der Waals surface area contributed by atoms with Crippen LogP contribution < -0.4 is 12.4 Å². The van der Waals surface area contributed by atoms with Gasteiger partial charge in [0.05, 0.1) is 0 Å². The number of hydrogen-bond acceptors (Lipinski definition) is 0. The van der Waals surface area contributed by atoms with E-state index in [-0.39, 0.29) is 38.3 Å². The minimum absolute atomic E-state index is 0. The van der Waals surface area contributed by atoms with Crippen molar-refractivity contribution in [3.63, 3.8) is 0 Å². The van der Waals surface area contributed by atoms with Crippen LogP contribution >= 0.6 is 0 Å². The van der Waals surface area contributed by atoms with Gasteiger partial charge in [-0.1, -0.05) is 0 Å². The number of hydrogen-bond donors (Lipinski definition) is 0. The van der Waals surface area contributed by atoms with E-state index in [1.807, 2.05) is 24.3 Å². The van der Waals surface area contributed by atoms with Gasteiger partial charge < -0.3 is 12.4 Å². The first-order chi connectivity index (χ1) is 5.00. The summed E-state index contributed by atoms with van der Waals surface area (Å²) >= 11 is 0. The van der Waals surface area contributed by atoms with E-state index in [4.69, 9.17) is 0 Å². The minimum Gasteiger partial charge on any atom is -1.00 e. The molecule has 0 atom stereocenters. The minimum atomic E-state index is 0. The zero-order chi connectivity index (χ0) is 7.07. The fraction of sp³-hybridized carbons (Fsp3) is 0.200. The van der Waals surface area contributed by atoms with Gasteiger partial charge in [0.15, 0.2) is 0 Å². The van der Waals surface area contributed by atoms with Crippen LogP contribution in [0, 0.1) is 12.2 Å². The Labute approximate surface area is 99.3 Å². The Balaban J connectivity index is 0. The molecule has 0 radical (unpaired) electrons. The van der Waals surface area contributed by atoms with Gasteiger partial charge in [0.25, 0.3) is 0 Å². The third-order valence-corrected chi connectivity index (χ3v) is 1.17. The topological polar surface area (TPSA) is 0 Å². The Morgan fingerprint density at radius 2 is 1.25 bits per heavy atom. The van der Waals surface area contributed by atoms with Crippen LogP contribution in [-0.4, -0.2) is 0 Å². The van der Waals surface area contributed by atoms with Gasteiger partial charge >= 0.3 is 25.8 Å². The third kappa shape index (κ3) is 8.22. The van der Waals surface area contributed by atoms with Crippen LogP contribution in [0.4, 0.5) is 0 Å². The van der Waals surface area contributed by atoms with Gasteiger partial charge in [0.1, 0.15) is 0 Å². The second-order valence-corrected chi connectivity index (χ2v) is 2.01. The summed E-state index contributed by atoms with van der Waals surface area (Å²) in [5.74, 6) is 0. The van der Waals surface area contributed by atoms with Gasteiger partial charge in [-0.3, -0.25) is 12.2 Å². The number of allylic oxidation sites excluding steroid dienone is 8. The van der Waals surface area contributed by atoms with Crippen LogP contribution in [0.2, 0.25) is 0 Å². The van der Waals surface area contributed by atoms with E-state index in [0.717, 1.165) is 12.8 Å². The summed E-state index contributed by atoms with van der Waals surface area (Å²) in [7, 11) is 0. The molecule has 0 bridgehead atoms. The Morgan fingerprint density at radius 1 is 0.833 bits per heavy atom. The van der Waals surface area contributed by atoms with Gasteiger partial charge in [-0.25, -0.2) is 24.3 Å². The maximum Gasteiger partial charge on any atom is 3.00 e. The Bertz CT molecular complexity index is 148. The first-order valence-corrected chi connectivity index (χ1v) is 3.43. The standard InChI is InChI=1S/2C5H5.ClH.Sc/c2*1-2-4-5-3-1;;/h2*1-3H,4H2;1H;/q2*-1;;+3/p-1. The largest absolute Gasteiger partial charge is 3.00 e. The van der Waals surface area contributed by atoms with Crippen molar-refractivity contribution >= 4 is 0 Å². The smallest absolute Gasteiger partial charge is 1.00 e. The molecule has 0 spiro atoms. The molecule has 2 aliphatic carbocycles.